The second-order valence-electron chi connectivity index (χ2n) is 7.07. The molecule has 0 fully saturated rings. The number of nitrogens with two attached hydrogens (primary N) is 1. The Kier molecular flexibility index (Phi) is 5.44. The highest BCUT2D eigenvalue weighted by molar-refractivity contribution is 5.99. The van der Waals surface area contributed by atoms with Crippen molar-refractivity contribution in [2.45, 2.75) is 32.9 Å². The number of primary amides is 1. The average Bonchev–Trinajstić information content (AvgIpc) is 2.63. The van der Waals surface area contributed by atoms with Gasteiger partial charge in [0.1, 0.15) is 24.2 Å². The Morgan fingerprint density at radius 1 is 1.22 bits per heavy atom. The largest absolute Gasteiger partial charge is 0.489 e. The maximum Gasteiger partial charge on any atom is 0.254 e. The minimum atomic E-state index is -0.611. The second kappa shape index (κ2) is 7.78. The zero-order chi connectivity index (χ0) is 19.6. The van der Waals surface area contributed by atoms with E-state index in [1.54, 1.807) is 29.2 Å². The molecule has 6 heteroatoms. The van der Waals surface area contributed by atoms with E-state index in [0.29, 0.717) is 30.9 Å². The van der Waals surface area contributed by atoms with Gasteiger partial charge in [0.25, 0.3) is 5.91 Å². The van der Waals surface area contributed by atoms with Crippen LogP contribution in [0.5, 0.6) is 5.75 Å². The van der Waals surface area contributed by atoms with Crippen LogP contribution in [0, 0.1) is 11.7 Å². The molecule has 0 saturated heterocycles. The summed E-state index contributed by atoms with van der Waals surface area (Å²) in [5, 5.41) is 0. The molecule has 2 aromatic carbocycles. The third-order valence-electron chi connectivity index (χ3n) is 4.77. The molecule has 2 amide bonds. The summed E-state index contributed by atoms with van der Waals surface area (Å²) in [6.07, 6.45) is 0.630. The molecule has 1 atom stereocenters. The maximum absolute atomic E-state index is 13.0. The molecule has 0 unspecified atom stereocenters. The zero-order valence-electron chi connectivity index (χ0n) is 15.4. The van der Waals surface area contributed by atoms with Gasteiger partial charge in [-0.15, -0.1) is 0 Å². The summed E-state index contributed by atoms with van der Waals surface area (Å²) in [6, 6.07) is 10.8. The monoisotopic (exact) mass is 370 g/mol. The summed E-state index contributed by atoms with van der Waals surface area (Å²) in [5.41, 5.74) is 7.82. The molecule has 1 aliphatic heterocycles. The van der Waals surface area contributed by atoms with Crippen molar-refractivity contribution < 1.29 is 18.7 Å². The van der Waals surface area contributed by atoms with Crippen molar-refractivity contribution in [3.05, 3.63) is 65.0 Å². The van der Waals surface area contributed by atoms with Crippen molar-refractivity contribution in [2.24, 2.45) is 11.7 Å². The van der Waals surface area contributed by atoms with E-state index in [1.807, 2.05) is 19.9 Å². The van der Waals surface area contributed by atoms with Crippen LogP contribution >= 0.6 is 0 Å². The SMILES string of the molecule is CC(C)[C@@H](C(N)=O)N1CCc2cc(OCc3ccc(F)cc3)ccc2C1=O. The van der Waals surface area contributed by atoms with Crippen LogP contribution in [-0.4, -0.2) is 29.3 Å². The molecule has 2 aromatic rings. The Morgan fingerprint density at radius 2 is 1.93 bits per heavy atom. The first-order valence-corrected chi connectivity index (χ1v) is 8.97. The number of fused-ring (bicyclic) bond motifs is 1. The highest BCUT2D eigenvalue weighted by Crippen LogP contribution is 2.27. The van der Waals surface area contributed by atoms with E-state index in [0.717, 1.165) is 11.1 Å². The van der Waals surface area contributed by atoms with E-state index in [2.05, 4.69) is 0 Å². The van der Waals surface area contributed by atoms with Crippen molar-refractivity contribution in [2.75, 3.05) is 6.54 Å². The fourth-order valence-corrected chi connectivity index (χ4v) is 3.43. The summed E-state index contributed by atoms with van der Waals surface area (Å²) < 4.78 is 18.7. The highest BCUT2D eigenvalue weighted by atomic mass is 19.1. The standard InChI is InChI=1S/C21H23FN2O3/c1-13(2)19(20(23)25)24-10-9-15-11-17(7-8-18(15)21(24)26)27-12-14-3-5-16(22)6-4-14/h3-8,11,13,19H,9-10,12H2,1-2H3,(H2,23,25)/t19-/m0/s1. The van der Waals surface area contributed by atoms with Crippen LogP contribution in [0.25, 0.3) is 0 Å². The molecular weight excluding hydrogens is 347 g/mol. The highest BCUT2D eigenvalue weighted by Gasteiger charge is 2.34. The smallest absolute Gasteiger partial charge is 0.254 e. The van der Waals surface area contributed by atoms with Crippen molar-refractivity contribution in [1.29, 1.82) is 0 Å². The Labute approximate surface area is 157 Å². The van der Waals surface area contributed by atoms with Gasteiger partial charge < -0.3 is 15.4 Å². The van der Waals surface area contributed by atoms with Crippen LogP contribution in [0.4, 0.5) is 4.39 Å². The molecule has 0 bridgehead atoms. The molecular formula is C21H23FN2O3. The molecule has 0 aliphatic carbocycles. The van der Waals surface area contributed by atoms with Gasteiger partial charge in [-0.3, -0.25) is 9.59 Å². The van der Waals surface area contributed by atoms with Crippen LogP contribution < -0.4 is 10.5 Å². The van der Waals surface area contributed by atoms with Crippen molar-refractivity contribution in [3.63, 3.8) is 0 Å². The van der Waals surface area contributed by atoms with E-state index in [9.17, 15) is 14.0 Å². The van der Waals surface area contributed by atoms with Gasteiger partial charge in [0.15, 0.2) is 0 Å². The normalized spacial score (nSPS) is 14.8. The quantitative estimate of drug-likeness (QED) is 0.850. The minimum absolute atomic E-state index is 0.0497. The molecule has 0 radical (unpaired) electrons. The van der Waals surface area contributed by atoms with Gasteiger partial charge >= 0.3 is 0 Å². The van der Waals surface area contributed by atoms with Crippen molar-refractivity contribution in [1.82, 2.24) is 4.90 Å². The molecule has 0 spiro atoms. The van der Waals surface area contributed by atoms with E-state index in [-0.39, 0.29) is 17.6 Å². The van der Waals surface area contributed by atoms with Crippen molar-refractivity contribution >= 4 is 11.8 Å². The maximum atomic E-state index is 13.0. The van der Waals surface area contributed by atoms with Gasteiger partial charge in [0, 0.05) is 12.1 Å². The molecule has 1 heterocycles. The van der Waals surface area contributed by atoms with Gasteiger partial charge in [-0.1, -0.05) is 26.0 Å². The second-order valence-corrected chi connectivity index (χ2v) is 7.07. The molecule has 1 aliphatic rings. The van der Waals surface area contributed by atoms with Crippen molar-refractivity contribution in [3.8, 4) is 5.75 Å². The topological polar surface area (TPSA) is 72.6 Å². The fourth-order valence-electron chi connectivity index (χ4n) is 3.43. The number of benzene rings is 2. The number of hydrogen-bond donors (Lipinski definition) is 1. The lowest BCUT2D eigenvalue weighted by molar-refractivity contribution is -0.123. The number of halogens is 1. The third-order valence-corrected chi connectivity index (χ3v) is 4.77. The lowest BCUT2D eigenvalue weighted by atomic mass is 9.94. The van der Waals surface area contributed by atoms with E-state index < -0.39 is 11.9 Å². The number of rotatable bonds is 6. The summed E-state index contributed by atoms with van der Waals surface area (Å²) >= 11 is 0. The van der Waals surface area contributed by atoms with Gasteiger partial charge in [-0.25, -0.2) is 4.39 Å². The molecule has 3 rings (SSSR count). The fraction of sp³-hybridized carbons (Fsp3) is 0.333. The summed E-state index contributed by atoms with van der Waals surface area (Å²) in [5.74, 6) is -0.355. The average molecular weight is 370 g/mol. The predicted molar refractivity (Wildman–Crippen MR) is 99.7 cm³/mol. The first-order chi connectivity index (χ1) is 12.9. The zero-order valence-corrected chi connectivity index (χ0v) is 15.4. The van der Waals surface area contributed by atoms with Gasteiger partial charge in [-0.2, -0.15) is 0 Å². The minimum Gasteiger partial charge on any atom is -0.489 e. The van der Waals surface area contributed by atoms with Gasteiger partial charge in [0.05, 0.1) is 0 Å². The van der Waals surface area contributed by atoms with Crippen LogP contribution in [-0.2, 0) is 17.8 Å². The van der Waals surface area contributed by atoms with Crippen LogP contribution in [0.1, 0.15) is 35.3 Å². The lowest BCUT2D eigenvalue weighted by Gasteiger charge is -2.35. The molecule has 0 aromatic heterocycles. The van der Waals surface area contributed by atoms with Gasteiger partial charge in [-0.05, 0) is 53.8 Å². The lowest BCUT2D eigenvalue weighted by Crippen LogP contribution is -2.53. The van der Waals surface area contributed by atoms with E-state index in [4.69, 9.17) is 10.5 Å². The Balaban J connectivity index is 1.74. The molecule has 0 saturated carbocycles. The molecule has 27 heavy (non-hydrogen) atoms. The number of carbonyl (C=O) groups is 2. The molecule has 142 valence electrons. The van der Waals surface area contributed by atoms with Crippen LogP contribution in [0.15, 0.2) is 42.5 Å². The Bertz CT molecular complexity index is 849. The van der Waals surface area contributed by atoms with Crippen LogP contribution in [0.2, 0.25) is 0 Å². The summed E-state index contributed by atoms with van der Waals surface area (Å²) in [6.45, 7) is 4.52. The molecule has 5 nitrogen and oxygen atoms in total. The number of carbonyl (C=O) groups excluding carboxylic acids is 2. The first kappa shape index (κ1) is 18.9. The number of nitrogens with zero attached hydrogens (tertiary/aromatic N) is 1. The molecule has 2 N–H and O–H groups in total. The van der Waals surface area contributed by atoms with Gasteiger partial charge in [0.2, 0.25) is 5.91 Å². The first-order valence-electron chi connectivity index (χ1n) is 8.97. The predicted octanol–water partition coefficient (Wildman–Crippen LogP) is 2.91. The third kappa shape index (κ3) is 4.10. The van der Waals surface area contributed by atoms with E-state index >= 15 is 0 Å². The summed E-state index contributed by atoms with van der Waals surface area (Å²) in [4.78, 5) is 26.2. The number of hydrogen-bond acceptors (Lipinski definition) is 3. The van der Waals surface area contributed by atoms with E-state index in [1.165, 1.54) is 12.1 Å². The number of ether oxygens (including phenoxy) is 1. The summed E-state index contributed by atoms with van der Waals surface area (Å²) in [7, 11) is 0. The Morgan fingerprint density at radius 3 is 2.56 bits per heavy atom. The number of amides is 2. The Hall–Kier alpha value is -2.89. The van der Waals surface area contributed by atoms with Crippen LogP contribution in [0.3, 0.4) is 0 Å².